The van der Waals surface area contributed by atoms with Crippen molar-refractivity contribution in [1.82, 2.24) is 58.6 Å². The molecule has 0 fully saturated rings. The number of nitrogens with zero attached hydrogens (tertiary/aromatic N) is 13. The van der Waals surface area contributed by atoms with Crippen molar-refractivity contribution in [2.45, 2.75) is 0 Å². The van der Waals surface area contributed by atoms with Crippen molar-refractivity contribution in [2.24, 2.45) is 0 Å². The molecule has 0 bridgehead atoms. The fourth-order valence-corrected chi connectivity index (χ4v) is 23.9. The Bertz CT molecular complexity index is 8600. The molecule has 6 heterocycles. The normalized spacial score (nSPS) is 11.3. The first-order valence-electron chi connectivity index (χ1n) is 46.0. The van der Waals surface area contributed by atoms with Gasteiger partial charge in [-0.15, -0.1) is 0 Å². The lowest BCUT2D eigenvalue weighted by atomic mass is 10.0. The first-order valence-corrected chi connectivity index (χ1v) is 48.0. The molecule has 0 spiro atoms. The summed E-state index contributed by atoms with van der Waals surface area (Å²) < 4.78 is 6.93. The first kappa shape index (κ1) is 83.6. The summed E-state index contributed by atoms with van der Waals surface area (Å²) in [6.45, 7) is 7.43. The zero-order valence-corrected chi connectivity index (χ0v) is 75.7. The monoisotopic (exact) mass is 1780 g/mol. The van der Waals surface area contributed by atoms with Crippen LogP contribution in [0.15, 0.2) is 504 Å². The molecule has 0 N–H and O–H groups in total. The van der Waals surface area contributed by atoms with Gasteiger partial charge < -0.3 is 13.7 Å². The molecule has 0 amide bonds. The summed E-state index contributed by atoms with van der Waals surface area (Å²) in [5.74, 6) is 5.52. The van der Waals surface area contributed by atoms with Gasteiger partial charge in [0.15, 0.2) is 66.2 Å². The fourth-order valence-electron chi connectivity index (χ4n) is 19.1. The van der Waals surface area contributed by atoms with E-state index in [1.165, 1.54) is 64.1 Å². The number of benzene rings is 19. The SMILES string of the molecule is [C-]#[N+]c1cccc(-c2nc(-c3ccccc3)nc(-c3cccc(-n4c5ccccc5c5ccccc54)c3)n2)c1.c1ccc(-c2cccc(-c3nc(-c4ccccc4)nc(-c4cccc(-n5c6ccccc6c6ccccc65)c4)n3)c2)cc1.c1ccc(-c2nc(-c3cccc(-n4c5ccccc5c5ccccc54)c3)nc(-c3cccc([Si](c4ccccc4)(c4ccccc4)c4ccccc4)c3)n2)cc1. The average Bonchev–Trinajstić information content (AvgIpc) is 1.10. The second-order valence-corrected chi connectivity index (χ2v) is 37.6. The van der Waals surface area contributed by atoms with Crippen LogP contribution in [0.5, 0.6) is 0 Å². The van der Waals surface area contributed by atoms with Crippen molar-refractivity contribution in [2.75, 3.05) is 0 Å². The molecule has 0 saturated carbocycles. The van der Waals surface area contributed by atoms with Gasteiger partial charge in [0.25, 0.3) is 0 Å². The third-order valence-electron chi connectivity index (χ3n) is 25.5. The van der Waals surface area contributed by atoms with Crippen LogP contribution in [0.2, 0.25) is 0 Å². The summed E-state index contributed by atoms with van der Waals surface area (Å²) in [6, 6.07) is 175. The Morgan fingerprint density at radius 2 is 0.362 bits per heavy atom. The molecule has 0 aliphatic rings. The van der Waals surface area contributed by atoms with Crippen molar-refractivity contribution in [1.29, 1.82) is 0 Å². The van der Waals surface area contributed by atoms with Crippen molar-refractivity contribution in [3.63, 3.8) is 0 Å². The molecule has 0 unspecified atom stereocenters. The average molecular weight is 1780 g/mol. The number of hydrogen-bond acceptors (Lipinski definition) is 9. The minimum Gasteiger partial charge on any atom is -0.309 e. The molecule has 138 heavy (non-hydrogen) atoms. The summed E-state index contributed by atoms with van der Waals surface area (Å²) in [5.41, 5.74) is 21.1. The quantitative estimate of drug-likeness (QED) is 0.0496. The predicted octanol–water partition coefficient (Wildman–Crippen LogP) is 27.5. The van der Waals surface area contributed by atoms with Gasteiger partial charge in [-0.05, 0) is 117 Å². The highest BCUT2D eigenvalue weighted by atomic mass is 28.3. The zero-order valence-electron chi connectivity index (χ0n) is 74.7. The Kier molecular flexibility index (Phi) is 22.5. The van der Waals surface area contributed by atoms with Gasteiger partial charge in [0.1, 0.15) is 0 Å². The van der Waals surface area contributed by atoms with Gasteiger partial charge in [-0.3, -0.25) is 0 Å². The molecule has 0 atom stereocenters. The summed E-state index contributed by atoms with van der Waals surface area (Å²) >= 11 is 0. The first-order chi connectivity index (χ1) is 68.4. The molecule has 25 rings (SSSR count). The van der Waals surface area contributed by atoms with Crippen LogP contribution in [0.1, 0.15) is 0 Å². The van der Waals surface area contributed by atoms with Crippen LogP contribution in [-0.4, -0.2) is 66.6 Å². The van der Waals surface area contributed by atoms with E-state index in [2.05, 4.69) is 401 Å². The van der Waals surface area contributed by atoms with Crippen LogP contribution in [-0.2, 0) is 0 Å². The van der Waals surface area contributed by atoms with Gasteiger partial charge in [-0.25, -0.2) is 49.7 Å². The Labute approximate surface area is 798 Å². The molecule has 0 saturated heterocycles. The van der Waals surface area contributed by atoms with Gasteiger partial charge in [0, 0.05) is 99.5 Å². The Morgan fingerprint density at radius 3 is 0.659 bits per heavy atom. The lowest BCUT2D eigenvalue weighted by molar-refractivity contribution is 1.07. The molecule has 648 valence electrons. The molecule has 25 aromatic rings. The van der Waals surface area contributed by atoms with Crippen LogP contribution >= 0.6 is 0 Å². The van der Waals surface area contributed by atoms with E-state index >= 15 is 0 Å². The highest BCUT2D eigenvalue weighted by Gasteiger charge is 2.42. The smallest absolute Gasteiger partial charge is 0.187 e. The van der Waals surface area contributed by atoms with Gasteiger partial charge in [0.05, 0.1) is 39.7 Å². The molecule has 6 aromatic heterocycles. The molecule has 13 nitrogen and oxygen atoms in total. The van der Waals surface area contributed by atoms with E-state index in [1.54, 1.807) is 6.07 Å². The zero-order chi connectivity index (χ0) is 92.1. The highest BCUT2D eigenvalue weighted by molar-refractivity contribution is 7.20. The van der Waals surface area contributed by atoms with Gasteiger partial charge in [0.2, 0.25) is 0 Å². The van der Waals surface area contributed by atoms with Crippen molar-refractivity contribution in [3.05, 3.63) is 515 Å². The van der Waals surface area contributed by atoms with Crippen LogP contribution in [0.4, 0.5) is 5.69 Å². The lowest BCUT2D eigenvalue weighted by Crippen LogP contribution is -2.74. The largest absolute Gasteiger partial charge is 0.309 e. The summed E-state index contributed by atoms with van der Waals surface area (Å²) in [6.07, 6.45) is 0. The van der Waals surface area contributed by atoms with E-state index in [1.807, 2.05) is 115 Å². The summed E-state index contributed by atoms with van der Waals surface area (Å²) in [5, 5.41) is 12.6. The van der Waals surface area contributed by atoms with Gasteiger partial charge in [-0.1, -0.05) is 419 Å². The number of hydrogen-bond donors (Lipinski definition) is 0. The van der Waals surface area contributed by atoms with Crippen molar-refractivity contribution >= 4 is 99.9 Å². The molecule has 0 radical (unpaired) electrons. The van der Waals surface area contributed by atoms with E-state index < -0.39 is 8.07 Å². The maximum absolute atomic E-state index is 7.43. The molecular formula is C124H83N13Si. The number of aromatic nitrogens is 12. The van der Waals surface area contributed by atoms with E-state index in [0.717, 1.165) is 100 Å². The summed E-state index contributed by atoms with van der Waals surface area (Å²) in [7, 11) is -2.78. The highest BCUT2D eigenvalue weighted by Crippen LogP contribution is 2.40. The number of rotatable bonds is 17. The molecule has 0 aliphatic carbocycles. The van der Waals surface area contributed by atoms with Crippen LogP contribution in [0, 0.1) is 6.57 Å². The molecule has 14 heteroatoms. The lowest BCUT2D eigenvalue weighted by Gasteiger charge is -2.34. The fraction of sp³-hybridized carbons (Fsp3) is 0. The topological polar surface area (TPSA) is 135 Å². The minimum atomic E-state index is -2.78. The van der Waals surface area contributed by atoms with Gasteiger partial charge in [-0.2, -0.15) is 0 Å². The second kappa shape index (κ2) is 37.2. The molecule has 19 aromatic carbocycles. The van der Waals surface area contributed by atoms with E-state index in [9.17, 15) is 0 Å². The van der Waals surface area contributed by atoms with E-state index in [4.69, 9.17) is 51.4 Å². The Hall–Kier alpha value is -18.7. The standard InChI is InChI=1S/C51H36N4Si.C39H26N4.C34H21N5/c1-5-19-37(20-6-1)49-52-50(38-21-17-23-40(35-38)55-47-33-15-13-31-45(47)46-32-14-16-34-48(46)55)54-51(53-49)39-22-18-30-44(36-39)56(41-24-7-2-8-25-41,42-26-9-3-10-27-42)43-28-11-4-12-29-43;1-3-13-27(14-4-1)29-17-11-18-30(25-29)38-40-37(28-15-5-2-6-16-28)41-39(42-38)31-19-12-20-32(26-31)43-35-23-9-7-21-33(35)34-22-8-10-24-36(34)43;1-35-26-15-9-13-24(21-26)33-36-32(23-11-3-2-4-12-23)37-34(38-33)25-14-10-16-27(22-25)39-30-19-7-5-17-28(30)29-18-6-8-20-31(29)39/h1-36H;1-26H;2-22H. The van der Waals surface area contributed by atoms with Crippen molar-refractivity contribution in [3.8, 4) is 131 Å². The number of para-hydroxylation sites is 6. The maximum atomic E-state index is 7.43. The Morgan fingerprint density at radius 1 is 0.159 bits per heavy atom. The van der Waals surface area contributed by atoms with Crippen molar-refractivity contribution < 1.29 is 0 Å². The van der Waals surface area contributed by atoms with Crippen LogP contribution < -0.4 is 20.7 Å². The third kappa shape index (κ3) is 16.2. The number of fused-ring (bicyclic) bond motifs is 9. The maximum Gasteiger partial charge on any atom is 0.187 e. The van der Waals surface area contributed by atoms with E-state index in [0.29, 0.717) is 58.1 Å². The second-order valence-electron chi connectivity index (χ2n) is 33.8. The molecular weight excluding hydrogens is 1700 g/mol. The van der Waals surface area contributed by atoms with Crippen LogP contribution in [0.25, 0.3) is 201 Å². The third-order valence-corrected chi connectivity index (χ3v) is 30.2. The predicted molar refractivity (Wildman–Crippen MR) is 567 cm³/mol. The van der Waals surface area contributed by atoms with Crippen LogP contribution in [0.3, 0.4) is 0 Å². The van der Waals surface area contributed by atoms with Gasteiger partial charge >= 0.3 is 0 Å². The summed E-state index contributed by atoms with van der Waals surface area (Å²) in [4.78, 5) is 48.8. The minimum absolute atomic E-state index is 0.534. The molecule has 0 aliphatic heterocycles. The Balaban J connectivity index is 0.000000118. The van der Waals surface area contributed by atoms with E-state index in [-0.39, 0.29) is 0 Å².